The second-order valence-corrected chi connectivity index (χ2v) is 8.37. The Balaban J connectivity index is 1.75. The summed E-state index contributed by atoms with van der Waals surface area (Å²) in [4.78, 5) is 6.67. The van der Waals surface area contributed by atoms with E-state index < -0.39 is 0 Å². The zero-order chi connectivity index (χ0) is 19.7. The van der Waals surface area contributed by atoms with Crippen molar-refractivity contribution in [3.63, 3.8) is 0 Å². The van der Waals surface area contributed by atoms with Crippen LogP contribution in [-0.4, -0.2) is 50.7 Å². The van der Waals surface area contributed by atoms with E-state index in [1.165, 1.54) is 44.2 Å². The van der Waals surface area contributed by atoms with Crippen molar-refractivity contribution < 1.29 is 4.74 Å². The molecule has 5 nitrogen and oxygen atoms in total. The number of ether oxygens (including phenoxy) is 1. The number of rotatable bonds is 9. The molecule has 1 heterocycles. The first-order chi connectivity index (χ1) is 12.9. The Labute approximate surface area is 165 Å². The van der Waals surface area contributed by atoms with Crippen molar-refractivity contribution >= 4 is 5.96 Å². The summed E-state index contributed by atoms with van der Waals surface area (Å²) in [5, 5.41) is 7.07. The first-order valence-electron chi connectivity index (χ1n) is 10.3. The third-order valence-electron chi connectivity index (χ3n) is 4.99. The summed E-state index contributed by atoms with van der Waals surface area (Å²) < 4.78 is 6.12. The highest BCUT2D eigenvalue weighted by Crippen LogP contribution is 2.39. The number of para-hydroxylation sites is 1. The van der Waals surface area contributed by atoms with Gasteiger partial charge in [-0.3, -0.25) is 4.99 Å². The van der Waals surface area contributed by atoms with Crippen molar-refractivity contribution in [2.24, 2.45) is 4.99 Å². The molecule has 0 bridgehead atoms. The number of unbranched alkanes of at least 4 members (excludes halogenated alkanes) is 4. The Morgan fingerprint density at radius 1 is 1.15 bits per heavy atom. The molecule has 5 heteroatoms. The van der Waals surface area contributed by atoms with E-state index in [0.717, 1.165) is 24.7 Å². The average Bonchev–Trinajstić information content (AvgIpc) is 2.61. The van der Waals surface area contributed by atoms with Crippen molar-refractivity contribution in [3.8, 4) is 5.75 Å². The molecule has 27 heavy (non-hydrogen) atoms. The van der Waals surface area contributed by atoms with Gasteiger partial charge in [0.25, 0.3) is 0 Å². The van der Waals surface area contributed by atoms with Crippen molar-refractivity contribution in [2.75, 3.05) is 34.2 Å². The summed E-state index contributed by atoms with van der Waals surface area (Å²) in [7, 11) is 6.12. The van der Waals surface area contributed by atoms with E-state index in [4.69, 9.17) is 4.74 Å². The molecule has 1 aromatic carbocycles. The number of fused-ring (bicyclic) bond motifs is 1. The molecule has 2 rings (SSSR count). The summed E-state index contributed by atoms with van der Waals surface area (Å²) in [5.41, 5.74) is 1.03. The fourth-order valence-electron chi connectivity index (χ4n) is 3.58. The molecule has 1 unspecified atom stereocenters. The van der Waals surface area contributed by atoms with Crippen LogP contribution in [0.15, 0.2) is 29.3 Å². The largest absolute Gasteiger partial charge is 0.487 e. The average molecular weight is 375 g/mol. The van der Waals surface area contributed by atoms with Crippen LogP contribution in [0.25, 0.3) is 0 Å². The highest BCUT2D eigenvalue weighted by Gasteiger charge is 2.33. The predicted octanol–water partition coefficient (Wildman–Crippen LogP) is 3.97. The molecule has 1 aromatic rings. The van der Waals surface area contributed by atoms with E-state index in [1.807, 2.05) is 13.1 Å². The SMILES string of the molecule is CN=C(NCCCCCCCN(C)C)NC1CC(C)(C)Oc2ccccc21. The molecule has 0 saturated heterocycles. The molecule has 0 radical (unpaired) electrons. The summed E-state index contributed by atoms with van der Waals surface area (Å²) in [6, 6.07) is 8.51. The van der Waals surface area contributed by atoms with Crippen LogP contribution in [0.5, 0.6) is 5.75 Å². The lowest BCUT2D eigenvalue weighted by Crippen LogP contribution is -2.45. The topological polar surface area (TPSA) is 48.9 Å². The summed E-state index contributed by atoms with van der Waals surface area (Å²) >= 11 is 0. The smallest absolute Gasteiger partial charge is 0.191 e. The van der Waals surface area contributed by atoms with Crippen LogP contribution < -0.4 is 15.4 Å². The van der Waals surface area contributed by atoms with Gasteiger partial charge in [-0.05, 0) is 53.4 Å². The zero-order valence-electron chi connectivity index (χ0n) is 17.8. The van der Waals surface area contributed by atoms with Crippen LogP contribution in [0.3, 0.4) is 0 Å². The van der Waals surface area contributed by atoms with Crippen molar-refractivity contribution in [3.05, 3.63) is 29.8 Å². The van der Waals surface area contributed by atoms with E-state index >= 15 is 0 Å². The van der Waals surface area contributed by atoms with E-state index in [2.05, 4.69) is 66.7 Å². The lowest BCUT2D eigenvalue weighted by molar-refractivity contribution is 0.0694. The second kappa shape index (κ2) is 10.5. The summed E-state index contributed by atoms with van der Waals surface area (Å²) in [6.45, 7) is 6.44. The van der Waals surface area contributed by atoms with Gasteiger partial charge < -0.3 is 20.3 Å². The van der Waals surface area contributed by atoms with Crippen LogP contribution in [-0.2, 0) is 0 Å². The molecular formula is C22H38N4O. The van der Waals surface area contributed by atoms with Crippen molar-refractivity contribution in [1.29, 1.82) is 0 Å². The minimum Gasteiger partial charge on any atom is -0.487 e. The number of hydrogen-bond donors (Lipinski definition) is 2. The molecule has 0 aromatic heterocycles. The Kier molecular flexibility index (Phi) is 8.42. The Bertz CT molecular complexity index is 598. The fraction of sp³-hybridized carbons (Fsp3) is 0.682. The first kappa shape index (κ1) is 21.5. The third kappa shape index (κ3) is 7.41. The van der Waals surface area contributed by atoms with Crippen molar-refractivity contribution in [1.82, 2.24) is 15.5 Å². The molecule has 2 N–H and O–H groups in total. The highest BCUT2D eigenvalue weighted by molar-refractivity contribution is 5.80. The number of guanidine groups is 1. The van der Waals surface area contributed by atoms with Gasteiger partial charge in [0, 0.05) is 25.6 Å². The Hall–Kier alpha value is -1.75. The van der Waals surface area contributed by atoms with Gasteiger partial charge in [0.2, 0.25) is 0 Å². The van der Waals surface area contributed by atoms with Crippen LogP contribution in [0.2, 0.25) is 0 Å². The van der Waals surface area contributed by atoms with Gasteiger partial charge in [0.15, 0.2) is 5.96 Å². The van der Waals surface area contributed by atoms with E-state index in [-0.39, 0.29) is 11.6 Å². The first-order valence-corrected chi connectivity index (χ1v) is 10.3. The third-order valence-corrected chi connectivity index (χ3v) is 4.99. The lowest BCUT2D eigenvalue weighted by Gasteiger charge is -2.38. The van der Waals surface area contributed by atoms with Gasteiger partial charge >= 0.3 is 0 Å². The molecule has 0 amide bonds. The lowest BCUT2D eigenvalue weighted by atomic mass is 9.90. The standard InChI is InChI=1S/C22H38N4O/c1-22(2)17-19(18-13-9-10-14-20(18)27-22)25-21(23-3)24-15-11-7-6-8-12-16-26(4)5/h9-10,13-14,19H,6-8,11-12,15-17H2,1-5H3,(H2,23,24,25). The van der Waals surface area contributed by atoms with E-state index in [0.29, 0.717) is 0 Å². The second-order valence-electron chi connectivity index (χ2n) is 8.37. The maximum atomic E-state index is 6.12. The molecule has 0 saturated carbocycles. The highest BCUT2D eigenvalue weighted by atomic mass is 16.5. The Morgan fingerprint density at radius 2 is 1.85 bits per heavy atom. The molecule has 0 spiro atoms. The van der Waals surface area contributed by atoms with Gasteiger partial charge in [-0.1, -0.05) is 37.5 Å². The number of hydrogen-bond acceptors (Lipinski definition) is 3. The summed E-state index contributed by atoms with van der Waals surface area (Å²) in [6.07, 6.45) is 7.28. The van der Waals surface area contributed by atoms with E-state index in [1.54, 1.807) is 0 Å². The van der Waals surface area contributed by atoms with Crippen LogP contribution in [0.1, 0.15) is 64.0 Å². The number of aliphatic imine (C=N–C) groups is 1. The van der Waals surface area contributed by atoms with Gasteiger partial charge in [0.1, 0.15) is 11.4 Å². The Morgan fingerprint density at radius 3 is 2.59 bits per heavy atom. The molecule has 0 aliphatic carbocycles. The van der Waals surface area contributed by atoms with Crippen LogP contribution >= 0.6 is 0 Å². The monoisotopic (exact) mass is 374 g/mol. The minimum atomic E-state index is -0.183. The quantitative estimate of drug-likeness (QED) is 0.390. The fourth-order valence-corrected chi connectivity index (χ4v) is 3.58. The molecule has 0 fully saturated rings. The van der Waals surface area contributed by atoms with Crippen LogP contribution in [0, 0.1) is 0 Å². The maximum Gasteiger partial charge on any atom is 0.191 e. The molecule has 152 valence electrons. The normalized spacial score (nSPS) is 18.7. The van der Waals surface area contributed by atoms with Gasteiger partial charge in [-0.25, -0.2) is 0 Å². The number of benzene rings is 1. The molecular weight excluding hydrogens is 336 g/mol. The summed E-state index contributed by atoms with van der Waals surface area (Å²) in [5.74, 6) is 1.85. The van der Waals surface area contributed by atoms with Gasteiger partial charge in [0.05, 0.1) is 6.04 Å². The van der Waals surface area contributed by atoms with Crippen LogP contribution in [0.4, 0.5) is 0 Å². The number of nitrogens with zero attached hydrogens (tertiary/aromatic N) is 2. The zero-order valence-corrected chi connectivity index (χ0v) is 17.8. The molecule has 1 aliphatic heterocycles. The molecule has 1 aliphatic rings. The minimum absolute atomic E-state index is 0.183. The molecule has 1 atom stereocenters. The van der Waals surface area contributed by atoms with Crippen molar-refractivity contribution in [2.45, 2.75) is 64.0 Å². The van der Waals surface area contributed by atoms with Gasteiger partial charge in [-0.2, -0.15) is 0 Å². The predicted molar refractivity (Wildman–Crippen MR) is 115 cm³/mol. The maximum absolute atomic E-state index is 6.12. The van der Waals surface area contributed by atoms with Gasteiger partial charge in [-0.15, -0.1) is 0 Å². The number of nitrogens with one attached hydrogen (secondary N) is 2. The van der Waals surface area contributed by atoms with E-state index in [9.17, 15) is 0 Å².